The van der Waals surface area contributed by atoms with Crippen LogP contribution in [0.3, 0.4) is 0 Å². The van der Waals surface area contributed by atoms with Crippen LogP contribution in [0.5, 0.6) is 0 Å². The molecule has 0 aromatic heterocycles. The minimum Gasteiger partial charge on any atom is -0.444 e. The number of hydrogen-bond acceptors (Lipinski definition) is 5. The monoisotopic (exact) mass is 330 g/mol. The largest absolute Gasteiger partial charge is 0.444 e. The Morgan fingerprint density at radius 1 is 1.00 bits per heavy atom. The van der Waals surface area contributed by atoms with Gasteiger partial charge in [0.05, 0.1) is 12.7 Å². The summed E-state index contributed by atoms with van der Waals surface area (Å²) in [6, 6.07) is 0. The minimum absolute atomic E-state index is 0.0579. The molecule has 1 rings (SSSR count). The zero-order chi connectivity index (χ0) is 17.7. The van der Waals surface area contributed by atoms with Crippen LogP contribution in [0.4, 0.5) is 9.59 Å². The number of ether oxygens (including phenoxy) is 3. The van der Waals surface area contributed by atoms with Gasteiger partial charge < -0.3 is 24.8 Å². The van der Waals surface area contributed by atoms with Crippen LogP contribution in [0.1, 0.15) is 48.0 Å². The SMILES string of the molecule is CC(C)(C)OC(=O)NCC(CNC(=O)OC(C)(C)C)CC1CO1. The lowest BCUT2D eigenvalue weighted by atomic mass is 10.0. The molecule has 1 atom stereocenters. The van der Waals surface area contributed by atoms with Crippen molar-refractivity contribution in [2.24, 2.45) is 5.92 Å². The summed E-state index contributed by atoms with van der Waals surface area (Å²) >= 11 is 0. The van der Waals surface area contributed by atoms with Gasteiger partial charge in [0.15, 0.2) is 0 Å². The van der Waals surface area contributed by atoms with Gasteiger partial charge in [-0.05, 0) is 53.9 Å². The Hall–Kier alpha value is -1.50. The summed E-state index contributed by atoms with van der Waals surface area (Å²) in [5, 5.41) is 5.47. The molecule has 1 saturated heterocycles. The summed E-state index contributed by atoms with van der Waals surface area (Å²) in [6.07, 6.45) is 0.0554. The predicted octanol–water partition coefficient (Wildman–Crippen LogP) is 2.44. The van der Waals surface area contributed by atoms with Crippen molar-refractivity contribution in [2.45, 2.75) is 65.3 Å². The van der Waals surface area contributed by atoms with Gasteiger partial charge in [0.2, 0.25) is 0 Å². The second kappa shape index (κ2) is 7.86. The zero-order valence-corrected chi connectivity index (χ0v) is 15.0. The van der Waals surface area contributed by atoms with Crippen LogP contribution in [0.15, 0.2) is 0 Å². The van der Waals surface area contributed by atoms with E-state index in [1.807, 2.05) is 41.5 Å². The van der Waals surface area contributed by atoms with E-state index in [-0.39, 0.29) is 12.0 Å². The van der Waals surface area contributed by atoms with E-state index in [2.05, 4.69) is 10.6 Å². The first kappa shape index (κ1) is 19.5. The number of epoxide rings is 1. The Morgan fingerprint density at radius 3 is 1.70 bits per heavy atom. The molecular weight excluding hydrogens is 300 g/mol. The molecule has 0 bridgehead atoms. The molecule has 1 heterocycles. The number of nitrogens with one attached hydrogen (secondary N) is 2. The van der Waals surface area contributed by atoms with E-state index in [9.17, 15) is 9.59 Å². The molecule has 7 nitrogen and oxygen atoms in total. The molecule has 0 aliphatic carbocycles. The molecule has 0 aromatic carbocycles. The van der Waals surface area contributed by atoms with Crippen molar-refractivity contribution in [3.8, 4) is 0 Å². The van der Waals surface area contributed by atoms with Crippen LogP contribution >= 0.6 is 0 Å². The third-order valence-electron chi connectivity index (χ3n) is 2.87. The highest BCUT2D eigenvalue weighted by molar-refractivity contribution is 5.68. The average Bonchev–Trinajstić information content (AvgIpc) is 3.12. The number of hydrogen-bond donors (Lipinski definition) is 2. The molecule has 1 aliphatic rings. The Bertz CT molecular complexity index is 376. The summed E-state index contributed by atoms with van der Waals surface area (Å²) in [5.74, 6) is 0.0579. The van der Waals surface area contributed by atoms with Gasteiger partial charge in [0.25, 0.3) is 0 Å². The third kappa shape index (κ3) is 10.8. The molecule has 1 aliphatic heterocycles. The van der Waals surface area contributed by atoms with Gasteiger partial charge in [-0.25, -0.2) is 9.59 Å². The summed E-state index contributed by atoms with van der Waals surface area (Å²) < 4.78 is 15.6. The second-order valence-corrected chi connectivity index (χ2v) is 7.82. The van der Waals surface area contributed by atoms with Crippen LogP contribution in [-0.2, 0) is 14.2 Å². The molecule has 7 heteroatoms. The first-order chi connectivity index (χ1) is 10.4. The van der Waals surface area contributed by atoms with E-state index in [0.717, 1.165) is 13.0 Å². The maximum atomic E-state index is 11.7. The number of carbonyl (C=O) groups excluding carboxylic acids is 2. The molecule has 0 aromatic rings. The zero-order valence-electron chi connectivity index (χ0n) is 15.0. The van der Waals surface area contributed by atoms with Gasteiger partial charge in [-0.3, -0.25) is 0 Å². The number of carbonyl (C=O) groups is 2. The quantitative estimate of drug-likeness (QED) is 0.730. The highest BCUT2D eigenvalue weighted by atomic mass is 16.6. The lowest BCUT2D eigenvalue weighted by Gasteiger charge is -2.23. The van der Waals surface area contributed by atoms with Crippen LogP contribution in [0, 0.1) is 5.92 Å². The molecule has 23 heavy (non-hydrogen) atoms. The lowest BCUT2D eigenvalue weighted by molar-refractivity contribution is 0.0505. The topological polar surface area (TPSA) is 89.2 Å². The molecule has 2 amide bonds. The molecule has 0 spiro atoms. The molecule has 134 valence electrons. The third-order valence-corrected chi connectivity index (χ3v) is 2.87. The number of alkyl carbamates (subject to hydrolysis) is 2. The van der Waals surface area contributed by atoms with E-state index >= 15 is 0 Å². The van der Waals surface area contributed by atoms with Gasteiger partial charge in [0.1, 0.15) is 11.2 Å². The van der Waals surface area contributed by atoms with Crippen molar-refractivity contribution in [1.82, 2.24) is 10.6 Å². The van der Waals surface area contributed by atoms with Crippen LogP contribution < -0.4 is 10.6 Å². The molecule has 1 fully saturated rings. The average molecular weight is 330 g/mol. The summed E-state index contributed by atoms with van der Waals surface area (Å²) in [7, 11) is 0. The van der Waals surface area contributed by atoms with E-state index < -0.39 is 23.4 Å². The molecular formula is C16H30N2O5. The van der Waals surface area contributed by atoms with Crippen molar-refractivity contribution in [1.29, 1.82) is 0 Å². The first-order valence-electron chi connectivity index (χ1n) is 8.00. The van der Waals surface area contributed by atoms with Gasteiger partial charge in [-0.1, -0.05) is 0 Å². The fourth-order valence-electron chi connectivity index (χ4n) is 1.90. The molecule has 1 unspecified atom stereocenters. The number of rotatable bonds is 6. The van der Waals surface area contributed by atoms with Crippen molar-refractivity contribution in [3.05, 3.63) is 0 Å². The maximum absolute atomic E-state index is 11.7. The van der Waals surface area contributed by atoms with Gasteiger partial charge in [-0.15, -0.1) is 0 Å². The Labute approximate surface area is 138 Å². The van der Waals surface area contributed by atoms with Crippen molar-refractivity contribution in [3.63, 3.8) is 0 Å². The summed E-state index contributed by atoms with van der Waals surface area (Å²) in [4.78, 5) is 23.4. The highest BCUT2D eigenvalue weighted by Gasteiger charge is 2.28. The van der Waals surface area contributed by atoms with E-state index in [0.29, 0.717) is 13.1 Å². The summed E-state index contributed by atoms with van der Waals surface area (Å²) in [6.45, 7) is 12.4. The van der Waals surface area contributed by atoms with Gasteiger partial charge in [-0.2, -0.15) is 0 Å². The van der Waals surface area contributed by atoms with Crippen molar-refractivity contribution >= 4 is 12.2 Å². The van der Waals surface area contributed by atoms with E-state index in [1.54, 1.807) is 0 Å². The molecule has 0 radical (unpaired) electrons. The fraction of sp³-hybridized carbons (Fsp3) is 0.875. The Balaban J connectivity index is 2.37. The summed E-state index contributed by atoms with van der Waals surface area (Å²) in [5.41, 5.74) is -1.07. The molecule has 0 saturated carbocycles. The standard InChI is InChI=1S/C16H30N2O5/c1-15(2,3)22-13(19)17-8-11(7-12-10-21-12)9-18-14(20)23-16(4,5)6/h11-12H,7-10H2,1-6H3,(H,17,19)(H,18,20). The van der Waals surface area contributed by atoms with Crippen molar-refractivity contribution in [2.75, 3.05) is 19.7 Å². The van der Waals surface area contributed by atoms with Crippen LogP contribution in [0.2, 0.25) is 0 Å². The maximum Gasteiger partial charge on any atom is 0.407 e. The Kier molecular flexibility index (Phi) is 6.68. The van der Waals surface area contributed by atoms with Crippen molar-refractivity contribution < 1.29 is 23.8 Å². The minimum atomic E-state index is -0.534. The second-order valence-electron chi connectivity index (χ2n) is 7.82. The predicted molar refractivity (Wildman–Crippen MR) is 86.3 cm³/mol. The van der Waals surface area contributed by atoms with E-state index in [1.165, 1.54) is 0 Å². The smallest absolute Gasteiger partial charge is 0.407 e. The van der Waals surface area contributed by atoms with Gasteiger partial charge in [0, 0.05) is 13.1 Å². The van der Waals surface area contributed by atoms with Gasteiger partial charge >= 0.3 is 12.2 Å². The first-order valence-corrected chi connectivity index (χ1v) is 8.00. The normalized spacial score (nSPS) is 17.6. The molecule has 2 N–H and O–H groups in total. The van der Waals surface area contributed by atoms with Crippen LogP contribution in [-0.4, -0.2) is 49.2 Å². The van der Waals surface area contributed by atoms with E-state index in [4.69, 9.17) is 14.2 Å². The fourth-order valence-corrected chi connectivity index (χ4v) is 1.90. The highest BCUT2D eigenvalue weighted by Crippen LogP contribution is 2.19. The van der Waals surface area contributed by atoms with Crippen LogP contribution in [0.25, 0.3) is 0 Å². The number of amides is 2. The Morgan fingerprint density at radius 2 is 1.39 bits per heavy atom. The lowest BCUT2D eigenvalue weighted by Crippen LogP contribution is -2.40.